The number of fused-ring (bicyclic) bond motifs is 1. The maximum absolute atomic E-state index is 12.2. The van der Waals surface area contributed by atoms with Crippen molar-refractivity contribution >= 4 is 9.84 Å². The number of rotatable bonds is 2. The first-order valence-electron chi connectivity index (χ1n) is 5.23. The molecule has 0 bridgehead atoms. The number of aliphatic hydroxyl groups excluding tert-OH is 1. The van der Waals surface area contributed by atoms with Crippen LogP contribution in [0.2, 0.25) is 0 Å². The molecule has 0 amide bonds. The van der Waals surface area contributed by atoms with Gasteiger partial charge < -0.3 is 9.84 Å². The number of benzene rings is 1. The lowest BCUT2D eigenvalue weighted by Gasteiger charge is -2.17. The van der Waals surface area contributed by atoms with Crippen LogP contribution in [0.15, 0.2) is 35.2 Å². The highest BCUT2D eigenvalue weighted by molar-refractivity contribution is 7.92. The maximum Gasteiger partial charge on any atom is 0.186 e. The summed E-state index contributed by atoms with van der Waals surface area (Å²) in [5.74, 6) is 0. The third-order valence-corrected chi connectivity index (χ3v) is 5.46. The van der Waals surface area contributed by atoms with E-state index in [0.29, 0.717) is 6.42 Å². The van der Waals surface area contributed by atoms with Crippen molar-refractivity contribution in [3.05, 3.63) is 30.3 Å². The van der Waals surface area contributed by atoms with Gasteiger partial charge in [0, 0.05) is 6.42 Å². The predicted octanol–water partition coefficient (Wildman–Crippen LogP) is 0.361. The van der Waals surface area contributed by atoms with Crippen molar-refractivity contribution in [2.24, 2.45) is 0 Å². The van der Waals surface area contributed by atoms with E-state index < -0.39 is 21.2 Å². The van der Waals surface area contributed by atoms with Gasteiger partial charge in [-0.25, -0.2) is 8.42 Å². The zero-order valence-electron chi connectivity index (χ0n) is 8.48. The van der Waals surface area contributed by atoms with E-state index in [-0.39, 0.29) is 17.1 Å². The van der Waals surface area contributed by atoms with Gasteiger partial charge in [-0.2, -0.15) is 0 Å². The topological polar surface area (TPSA) is 66.9 Å². The van der Waals surface area contributed by atoms with Gasteiger partial charge in [-0.15, -0.1) is 0 Å². The molecule has 1 N–H and O–H groups in total. The van der Waals surface area contributed by atoms with Crippen LogP contribution in [0.5, 0.6) is 0 Å². The van der Waals surface area contributed by atoms with Crippen molar-refractivity contribution in [3.63, 3.8) is 0 Å². The van der Waals surface area contributed by atoms with Crippen LogP contribution in [0.3, 0.4) is 0 Å². The molecular formula is C11H12O4S. The van der Waals surface area contributed by atoms with Crippen molar-refractivity contribution in [1.82, 2.24) is 0 Å². The summed E-state index contributed by atoms with van der Waals surface area (Å²) < 4.78 is 29.7. The Kier molecular flexibility index (Phi) is 2.11. The fourth-order valence-electron chi connectivity index (χ4n) is 2.38. The van der Waals surface area contributed by atoms with E-state index in [1.165, 1.54) is 0 Å². The minimum absolute atomic E-state index is 0.0570. The number of hydrogen-bond donors (Lipinski definition) is 1. The smallest absolute Gasteiger partial charge is 0.186 e. The fraction of sp³-hybridized carbons (Fsp3) is 0.455. The third-order valence-electron chi connectivity index (χ3n) is 3.23. The molecule has 0 radical (unpaired) electrons. The number of aliphatic hydroxyl groups is 1. The molecule has 4 atom stereocenters. The number of sulfone groups is 1. The average molecular weight is 240 g/mol. The minimum Gasteiger partial charge on any atom is -0.392 e. The van der Waals surface area contributed by atoms with Crippen LogP contribution < -0.4 is 0 Å². The van der Waals surface area contributed by atoms with Crippen LogP contribution in [-0.2, 0) is 14.6 Å². The van der Waals surface area contributed by atoms with Crippen LogP contribution in [0.1, 0.15) is 6.42 Å². The molecule has 86 valence electrons. The number of ether oxygens (including phenoxy) is 1. The summed E-state index contributed by atoms with van der Waals surface area (Å²) in [6.07, 6.45) is -0.728. The molecule has 1 aliphatic heterocycles. The zero-order chi connectivity index (χ0) is 11.3. The number of hydrogen-bond acceptors (Lipinski definition) is 4. The van der Waals surface area contributed by atoms with Crippen LogP contribution in [0.4, 0.5) is 0 Å². The quantitative estimate of drug-likeness (QED) is 0.758. The van der Waals surface area contributed by atoms with E-state index in [4.69, 9.17) is 4.74 Å². The van der Waals surface area contributed by atoms with Gasteiger partial charge in [0.25, 0.3) is 0 Å². The monoisotopic (exact) mass is 240 g/mol. The largest absolute Gasteiger partial charge is 0.392 e. The van der Waals surface area contributed by atoms with Crippen LogP contribution in [0.25, 0.3) is 0 Å². The maximum atomic E-state index is 12.2. The lowest BCUT2D eigenvalue weighted by Crippen LogP contribution is -2.34. The van der Waals surface area contributed by atoms with E-state index in [2.05, 4.69) is 0 Å². The van der Waals surface area contributed by atoms with Crippen molar-refractivity contribution in [2.45, 2.75) is 34.9 Å². The molecule has 5 heteroatoms. The Morgan fingerprint density at radius 3 is 2.50 bits per heavy atom. The van der Waals surface area contributed by atoms with Gasteiger partial charge in [0.15, 0.2) is 9.84 Å². The summed E-state index contributed by atoms with van der Waals surface area (Å²) in [4.78, 5) is 0.259. The van der Waals surface area contributed by atoms with Gasteiger partial charge in [-0.05, 0) is 12.1 Å². The molecule has 2 aliphatic rings. The first-order valence-corrected chi connectivity index (χ1v) is 6.78. The average Bonchev–Trinajstić information content (AvgIpc) is 2.91. The first kappa shape index (κ1) is 10.3. The summed E-state index contributed by atoms with van der Waals surface area (Å²) in [7, 11) is -3.47. The molecule has 1 saturated heterocycles. The van der Waals surface area contributed by atoms with Gasteiger partial charge in [-0.3, -0.25) is 0 Å². The molecule has 2 fully saturated rings. The Labute approximate surface area is 93.8 Å². The lowest BCUT2D eigenvalue weighted by atomic mass is 10.3. The van der Waals surface area contributed by atoms with Gasteiger partial charge in [-0.1, -0.05) is 18.2 Å². The van der Waals surface area contributed by atoms with E-state index in [1.54, 1.807) is 30.3 Å². The normalized spacial score (nSPS) is 37.1. The molecule has 3 rings (SSSR count). The van der Waals surface area contributed by atoms with Crippen LogP contribution >= 0.6 is 0 Å². The fourth-order valence-corrected chi connectivity index (χ4v) is 4.34. The summed E-state index contributed by atoms with van der Waals surface area (Å²) in [5.41, 5.74) is 0. The highest BCUT2D eigenvalue weighted by atomic mass is 32.2. The van der Waals surface area contributed by atoms with E-state index in [0.717, 1.165) is 0 Å². The molecule has 1 saturated carbocycles. The van der Waals surface area contributed by atoms with E-state index in [9.17, 15) is 13.5 Å². The SMILES string of the molecule is O=S(=O)(c1ccccc1)[C@H]1[C@H]2O[C@@H]2C[C@H]1O. The Balaban J connectivity index is 2.00. The first-order chi connectivity index (χ1) is 7.60. The summed E-state index contributed by atoms with van der Waals surface area (Å²) in [5, 5.41) is 8.94. The van der Waals surface area contributed by atoms with Crippen molar-refractivity contribution < 1.29 is 18.3 Å². The van der Waals surface area contributed by atoms with Crippen LogP contribution in [-0.4, -0.2) is 37.1 Å². The molecule has 1 heterocycles. The highest BCUT2D eigenvalue weighted by Gasteiger charge is 2.60. The van der Waals surface area contributed by atoms with Crippen molar-refractivity contribution in [2.75, 3.05) is 0 Å². The van der Waals surface area contributed by atoms with Gasteiger partial charge >= 0.3 is 0 Å². The molecule has 1 aromatic rings. The Hall–Kier alpha value is -0.910. The minimum atomic E-state index is -3.47. The second-order valence-corrected chi connectivity index (χ2v) is 6.37. The molecule has 0 aromatic heterocycles. The molecule has 16 heavy (non-hydrogen) atoms. The predicted molar refractivity (Wildman–Crippen MR) is 56.7 cm³/mol. The second-order valence-electron chi connectivity index (χ2n) is 4.26. The summed E-state index contributed by atoms with van der Waals surface area (Å²) in [6, 6.07) is 8.23. The standard InChI is InChI=1S/C11H12O4S/c12-8-6-9-10(15-9)11(8)16(13,14)7-4-2-1-3-5-7/h1-5,8-12H,6H2/t8-,9-,10+,11-/m1/s1. The molecule has 0 spiro atoms. The molecule has 4 nitrogen and oxygen atoms in total. The molecule has 1 aliphatic carbocycles. The Bertz CT molecular complexity index is 494. The summed E-state index contributed by atoms with van der Waals surface area (Å²) in [6.45, 7) is 0. The van der Waals surface area contributed by atoms with Gasteiger partial charge in [0.1, 0.15) is 11.4 Å². The summed E-state index contributed by atoms with van der Waals surface area (Å²) >= 11 is 0. The van der Waals surface area contributed by atoms with Gasteiger partial charge in [0.05, 0.1) is 17.1 Å². The van der Waals surface area contributed by atoms with E-state index >= 15 is 0 Å². The highest BCUT2D eigenvalue weighted by Crippen LogP contribution is 2.43. The molecule has 0 unspecified atom stereocenters. The Morgan fingerprint density at radius 2 is 1.94 bits per heavy atom. The molecular weight excluding hydrogens is 228 g/mol. The molecule has 1 aromatic carbocycles. The Morgan fingerprint density at radius 1 is 1.25 bits per heavy atom. The zero-order valence-corrected chi connectivity index (χ0v) is 9.30. The third kappa shape index (κ3) is 1.39. The van der Waals surface area contributed by atoms with E-state index in [1.807, 2.05) is 0 Å². The van der Waals surface area contributed by atoms with Crippen molar-refractivity contribution in [1.29, 1.82) is 0 Å². The van der Waals surface area contributed by atoms with Crippen LogP contribution in [0, 0.1) is 0 Å². The van der Waals surface area contributed by atoms with Gasteiger partial charge in [0.2, 0.25) is 0 Å². The lowest BCUT2D eigenvalue weighted by molar-refractivity contribution is 0.132. The second kappa shape index (κ2) is 3.29. The van der Waals surface area contributed by atoms with Crippen molar-refractivity contribution in [3.8, 4) is 0 Å². The number of epoxide rings is 1.